The third kappa shape index (κ3) is 1.53. The molecule has 0 saturated carbocycles. The summed E-state index contributed by atoms with van der Waals surface area (Å²) >= 11 is 6.28. The number of halogens is 1. The van der Waals surface area contributed by atoms with Crippen LogP contribution in [0.15, 0.2) is 12.1 Å². The highest BCUT2D eigenvalue weighted by Crippen LogP contribution is 2.40. The first-order valence-corrected chi connectivity index (χ1v) is 6.28. The van der Waals surface area contributed by atoms with E-state index in [1.54, 1.807) is 7.11 Å². The molecule has 3 N–H and O–H groups in total. The largest absolute Gasteiger partial charge is 0.494 e. The molecule has 0 bridgehead atoms. The number of aryl methyl sites for hydroxylation is 1. The van der Waals surface area contributed by atoms with Crippen molar-refractivity contribution in [2.24, 2.45) is 5.84 Å². The Morgan fingerprint density at radius 2 is 2.22 bits per heavy atom. The number of aromatic nitrogens is 1. The van der Waals surface area contributed by atoms with Crippen LogP contribution >= 0.6 is 11.6 Å². The average Bonchev–Trinajstić information content (AvgIpc) is 2.84. The number of nitrogens with two attached hydrogens (primary N) is 1. The van der Waals surface area contributed by atoms with E-state index in [0.29, 0.717) is 5.02 Å². The summed E-state index contributed by atoms with van der Waals surface area (Å²) in [5.41, 5.74) is 6.72. The van der Waals surface area contributed by atoms with Gasteiger partial charge in [-0.1, -0.05) is 11.6 Å². The number of benzene rings is 1. The van der Waals surface area contributed by atoms with Gasteiger partial charge in [0.1, 0.15) is 11.3 Å². The molecule has 0 atom stereocenters. The molecular weight excluding hydrogens is 250 g/mol. The molecule has 18 heavy (non-hydrogen) atoms. The summed E-state index contributed by atoms with van der Waals surface area (Å²) in [6.45, 7) is 0. The lowest BCUT2D eigenvalue weighted by atomic mass is 10.1. The zero-order valence-corrected chi connectivity index (χ0v) is 10.8. The van der Waals surface area contributed by atoms with Crippen LogP contribution in [0.1, 0.15) is 17.7 Å². The van der Waals surface area contributed by atoms with Crippen molar-refractivity contribution in [1.82, 2.24) is 4.98 Å². The molecule has 1 aliphatic carbocycles. The maximum atomic E-state index is 6.28. The second-order valence-corrected chi connectivity index (χ2v) is 4.79. The number of anilines is 1. The van der Waals surface area contributed by atoms with E-state index in [1.807, 2.05) is 12.1 Å². The van der Waals surface area contributed by atoms with Crippen molar-refractivity contribution in [1.29, 1.82) is 0 Å². The maximum absolute atomic E-state index is 6.28. The fourth-order valence-electron chi connectivity index (χ4n) is 2.63. The van der Waals surface area contributed by atoms with Crippen molar-refractivity contribution < 1.29 is 4.74 Å². The van der Waals surface area contributed by atoms with Crippen LogP contribution in [0.25, 0.3) is 10.9 Å². The zero-order valence-electron chi connectivity index (χ0n) is 10.1. The predicted octanol–water partition coefficient (Wildman–Crippen LogP) is 2.67. The number of hydrazine groups is 1. The topological polar surface area (TPSA) is 60.2 Å². The van der Waals surface area contributed by atoms with Gasteiger partial charge in [-0.2, -0.15) is 0 Å². The zero-order chi connectivity index (χ0) is 12.7. The van der Waals surface area contributed by atoms with E-state index in [1.165, 1.54) is 5.56 Å². The van der Waals surface area contributed by atoms with E-state index < -0.39 is 0 Å². The molecule has 1 aromatic heterocycles. The third-order valence-corrected chi connectivity index (χ3v) is 3.76. The average molecular weight is 264 g/mol. The monoisotopic (exact) mass is 263 g/mol. The van der Waals surface area contributed by atoms with Gasteiger partial charge in [0, 0.05) is 11.1 Å². The highest BCUT2D eigenvalue weighted by Gasteiger charge is 2.22. The summed E-state index contributed by atoms with van der Waals surface area (Å²) < 4.78 is 5.35. The first-order valence-electron chi connectivity index (χ1n) is 5.91. The van der Waals surface area contributed by atoms with Crippen LogP contribution in [0.3, 0.4) is 0 Å². The second-order valence-electron chi connectivity index (χ2n) is 4.38. The Bertz CT molecular complexity index is 627. The van der Waals surface area contributed by atoms with Crippen LogP contribution in [-0.2, 0) is 12.8 Å². The van der Waals surface area contributed by atoms with Crippen LogP contribution in [-0.4, -0.2) is 12.1 Å². The summed E-state index contributed by atoms with van der Waals surface area (Å²) in [4.78, 5) is 4.69. The third-order valence-electron chi connectivity index (χ3n) is 3.44. The van der Waals surface area contributed by atoms with Gasteiger partial charge in [0.25, 0.3) is 0 Å². The normalized spacial score (nSPS) is 13.7. The number of pyridine rings is 1. The highest BCUT2D eigenvalue weighted by atomic mass is 35.5. The van der Waals surface area contributed by atoms with Gasteiger partial charge in [0.15, 0.2) is 0 Å². The number of fused-ring (bicyclic) bond motifs is 2. The van der Waals surface area contributed by atoms with Gasteiger partial charge in [-0.3, -0.25) is 5.84 Å². The minimum absolute atomic E-state index is 0.640. The number of hydrogen-bond acceptors (Lipinski definition) is 4. The predicted molar refractivity (Wildman–Crippen MR) is 73.1 cm³/mol. The van der Waals surface area contributed by atoms with Crippen LogP contribution in [0.4, 0.5) is 5.69 Å². The molecule has 3 rings (SSSR count). The number of methoxy groups -OCH3 is 1. The molecule has 0 saturated heterocycles. The lowest BCUT2D eigenvalue weighted by Crippen LogP contribution is -2.11. The summed E-state index contributed by atoms with van der Waals surface area (Å²) in [6.07, 6.45) is 3.08. The molecule has 1 aliphatic rings. The Kier molecular flexibility index (Phi) is 2.76. The van der Waals surface area contributed by atoms with Crippen LogP contribution in [0.5, 0.6) is 5.75 Å². The van der Waals surface area contributed by atoms with Gasteiger partial charge in [-0.05, 0) is 37.0 Å². The quantitative estimate of drug-likeness (QED) is 0.646. The Morgan fingerprint density at radius 3 is 2.94 bits per heavy atom. The van der Waals surface area contributed by atoms with Gasteiger partial charge in [0.2, 0.25) is 0 Å². The van der Waals surface area contributed by atoms with Gasteiger partial charge in [-0.15, -0.1) is 0 Å². The lowest BCUT2D eigenvalue weighted by molar-refractivity contribution is 0.419. The van der Waals surface area contributed by atoms with Gasteiger partial charge < -0.3 is 10.2 Å². The molecule has 2 aromatic rings. The van der Waals surface area contributed by atoms with Gasteiger partial charge >= 0.3 is 0 Å². The van der Waals surface area contributed by atoms with Crippen LogP contribution in [0.2, 0.25) is 5.02 Å². The van der Waals surface area contributed by atoms with E-state index in [9.17, 15) is 0 Å². The van der Waals surface area contributed by atoms with E-state index >= 15 is 0 Å². The number of nitrogen functional groups attached to an aromatic ring is 1. The molecule has 0 amide bonds. The fraction of sp³-hybridized carbons (Fsp3) is 0.308. The van der Waals surface area contributed by atoms with Crippen molar-refractivity contribution >= 4 is 28.2 Å². The Morgan fingerprint density at radius 1 is 1.39 bits per heavy atom. The van der Waals surface area contributed by atoms with E-state index in [4.69, 9.17) is 27.2 Å². The minimum atomic E-state index is 0.640. The van der Waals surface area contributed by atoms with Crippen LogP contribution < -0.4 is 16.0 Å². The number of nitrogens with one attached hydrogen (secondary N) is 1. The second kappa shape index (κ2) is 4.30. The summed E-state index contributed by atoms with van der Waals surface area (Å²) in [7, 11) is 1.63. The Labute approximate surface area is 110 Å². The molecule has 0 spiro atoms. The molecule has 5 heteroatoms. The molecule has 0 radical (unpaired) electrons. The number of nitrogens with zero attached hydrogens (tertiary/aromatic N) is 1. The fourth-order valence-corrected chi connectivity index (χ4v) is 2.87. The van der Waals surface area contributed by atoms with Crippen molar-refractivity contribution in [2.45, 2.75) is 19.3 Å². The highest BCUT2D eigenvalue weighted by molar-refractivity contribution is 6.36. The smallest absolute Gasteiger partial charge is 0.145 e. The van der Waals surface area contributed by atoms with Gasteiger partial charge in [0.05, 0.1) is 17.8 Å². The van der Waals surface area contributed by atoms with E-state index in [0.717, 1.165) is 47.3 Å². The lowest BCUT2D eigenvalue weighted by Gasteiger charge is -2.14. The first kappa shape index (κ1) is 11.6. The number of rotatable bonds is 2. The number of hydrogen-bond donors (Lipinski definition) is 2. The van der Waals surface area contributed by atoms with Gasteiger partial charge in [-0.25, -0.2) is 4.98 Å². The summed E-state index contributed by atoms with van der Waals surface area (Å²) in [5, 5.41) is 1.49. The molecule has 0 unspecified atom stereocenters. The van der Waals surface area contributed by atoms with Crippen LogP contribution in [0, 0.1) is 0 Å². The molecule has 0 aliphatic heterocycles. The SMILES string of the molecule is COc1ccc(Cl)c2c(NN)c3c(nc12)CCC3. The molecule has 0 fully saturated rings. The molecule has 1 aromatic carbocycles. The molecule has 94 valence electrons. The van der Waals surface area contributed by atoms with Crippen molar-refractivity contribution in [3.8, 4) is 5.75 Å². The Hall–Kier alpha value is -1.52. The minimum Gasteiger partial charge on any atom is -0.494 e. The maximum Gasteiger partial charge on any atom is 0.145 e. The molecule has 4 nitrogen and oxygen atoms in total. The summed E-state index contributed by atoms with van der Waals surface area (Å²) in [5.74, 6) is 6.39. The van der Waals surface area contributed by atoms with E-state index in [-0.39, 0.29) is 0 Å². The first-order chi connectivity index (χ1) is 8.76. The molecular formula is C13H14ClN3O. The van der Waals surface area contributed by atoms with Crippen molar-refractivity contribution in [3.05, 3.63) is 28.4 Å². The Balaban J connectivity index is 2.45. The van der Waals surface area contributed by atoms with E-state index in [2.05, 4.69) is 5.43 Å². The van der Waals surface area contributed by atoms with Crippen molar-refractivity contribution in [2.75, 3.05) is 12.5 Å². The van der Waals surface area contributed by atoms with Crippen molar-refractivity contribution in [3.63, 3.8) is 0 Å². The summed E-state index contributed by atoms with van der Waals surface area (Å²) in [6, 6.07) is 3.64. The molecule has 1 heterocycles. The number of ether oxygens (including phenoxy) is 1. The standard InChI is InChI=1S/C13H14ClN3O/c1-18-10-6-5-8(14)11-12(17-15)7-3-2-4-9(7)16-13(10)11/h5-6H,2-4,15H2,1H3,(H,16,17).